The van der Waals surface area contributed by atoms with E-state index >= 15 is 0 Å². The monoisotopic (exact) mass is 233 g/mol. The number of fused-ring (bicyclic) bond motifs is 1. The maximum absolute atomic E-state index is 9.79. The van der Waals surface area contributed by atoms with Gasteiger partial charge in [-0.25, -0.2) is 0 Å². The van der Waals surface area contributed by atoms with Crippen molar-refractivity contribution in [3.63, 3.8) is 0 Å². The van der Waals surface area contributed by atoms with Gasteiger partial charge in [-0.05, 0) is 50.8 Å². The summed E-state index contributed by atoms with van der Waals surface area (Å²) in [7, 11) is 0. The maximum atomic E-state index is 9.79. The molecule has 17 heavy (non-hydrogen) atoms. The minimum absolute atomic E-state index is 0.550. The summed E-state index contributed by atoms with van der Waals surface area (Å²) >= 11 is 0. The number of aryl methyl sites for hydroxylation is 1. The van der Waals surface area contributed by atoms with Gasteiger partial charge in [0.15, 0.2) is 0 Å². The van der Waals surface area contributed by atoms with E-state index in [-0.39, 0.29) is 0 Å². The molecule has 1 aliphatic heterocycles. The molecule has 0 amide bonds. The molecule has 0 bridgehead atoms. The second kappa shape index (κ2) is 5.19. The second-order valence-corrected chi connectivity index (χ2v) is 5.71. The van der Waals surface area contributed by atoms with Gasteiger partial charge in [0.2, 0.25) is 0 Å². The van der Waals surface area contributed by atoms with Gasteiger partial charge < -0.3 is 5.11 Å². The zero-order valence-electron chi connectivity index (χ0n) is 10.9. The van der Waals surface area contributed by atoms with Crippen LogP contribution in [0.2, 0.25) is 0 Å². The topological polar surface area (TPSA) is 23.5 Å². The molecule has 1 N–H and O–H groups in total. The lowest BCUT2D eigenvalue weighted by Gasteiger charge is -2.25. The minimum Gasteiger partial charge on any atom is -0.390 e. The summed E-state index contributed by atoms with van der Waals surface area (Å²) in [6.45, 7) is 6.94. The van der Waals surface area contributed by atoms with E-state index in [0.717, 1.165) is 26.1 Å². The van der Waals surface area contributed by atoms with Crippen molar-refractivity contribution in [2.24, 2.45) is 0 Å². The molecule has 0 unspecified atom stereocenters. The molecule has 0 aliphatic carbocycles. The average Bonchev–Trinajstić information content (AvgIpc) is 2.47. The van der Waals surface area contributed by atoms with Gasteiger partial charge >= 0.3 is 0 Å². The summed E-state index contributed by atoms with van der Waals surface area (Å²) in [5.74, 6) is 0. The third-order valence-corrected chi connectivity index (χ3v) is 3.47. The van der Waals surface area contributed by atoms with Gasteiger partial charge in [0.25, 0.3) is 0 Å². The predicted octanol–water partition coefficient (Wildman–Crippen LogP) is 2.60. The summed E-state index contributed by atoms with van der Waals surface area (Å²) in [5, 5.41) is 9.79. The summed E-state index contributed by atoms with van der Waals surface area (Å²) in [4.78, 5) is 2.46. The van der Waals surface area contributed by atoms with E-state index < -0.39 is 5.60 Å². The summed E-state index contributed by atoms with van der Waals surface area (Å²) in [6.07, 6.45) is 3.26. The van der Waals surface area contributed by atoms with Crippen LogP contribution >= 0.6 is 0 Å². The highest BCUT2D eigenvalue weighted by Gasteiger charge is 2.17. The van der Waals surface area contributed by atoms with E-state index in [4.69, 9.17) is 0 Å². The molecule has 0 saturated carbocycles. The van der Waals surface area contributed by atoms with Crippen molar-refractivity contribution in [3.8, 4) is 0 Å². The first-order valence-electron chi connectivity index (χ1n) is 6.56. The third kappa shape index (κ3) is 3.83. The molecule has 0 spiro atoms. The summed E-state index contributed by atoms with van der Waals surface area (Å²) in [5.41, 5.74) is 2.41. The molecule has 0 radical (unpaired) electrons. The molecular weight excluding hydrogens is 210 g/mol. The number of hydrogen-bond acceptors (Lipinski definition) is 2. The van der Waals surface area contributed by atoms with Gasteiger partial charge in [0, 0.05) is 13.1 Å². The van der Waals surface area contributed by atoms with Crippen molar-refractivity contribution in [1.82, 2.24) is 4.90 Å². The van der Waals surface area contributed by atoms with Crippen molar-refractivity contribution >= 4 is 0 Å². The largest absolute Gasteiger partial charge is 0.390 e. The quantitative estimate of drug-likeness (QED) is 0.867. The minimum atomic E-state index is -0.550. The fraction of sp³-hybridized carbons (Fsp3) is 0.600. The Bertz CT molecular complexity index is 367. The van der Waals surface area contributed by atoms with E-state index in [2.05, 4.69) is 29.2 Å². The zero-order valence-corrected chi connectivity index (χ0v) is 10.9. The number of hydrogen-bond donors (Lipinski definition) is 1. The molecule has 1 heterocycles. The van der Waals surface area contributed by atoms with Crippen LogP contribution in [0, 0.1) is 0 Å². The lowest BCUT2D eigenvalue weighted by Crippen LogP contribution is -2.30. The summed E-state index contributed by atoms with van der Waals surface area (Å²) < 4.78 is 0. The molecule has 1 aromatic carbocycles. The normalized spacial score (nSPS) is 17.6. The van der Waals surface area contributed by atoms with Crippen LogP contribution in [0.4, 0.5) is 0 Å². The van der Waals surface area contributed by atoms with Crippen molar-refractivity contribution in [3.05, 3.63) is 35.4 Å². The fourth-order valence-corrected chi connectivity index (χ4v) is 2.39. The Kier molecular flexibility index (Phi) is 3.85. The first-order valence-corrected chi connectivity index (χ1v) is 6.56. The van der Waals surface area contributed by atoms with Crippen LogP contribution in [0.5, 0.6) is 0 Å². The maximum Gasteiger partial charge on any atom is 0.0603 e. The molecule has 0 fully saturated rings. The van der Waals surface area contributed by atoms with E-state index in [1.807, 2.05) is 13.8 Å². The predicted molar refractivity (Wildman–Crippen MR) is 71.0 cm³/mol. The Hall–Kier alpha value is -0.860. The molecule has 2 nitrogen and oxygen atoms in total. The first-order chi connectivity index (χ1) is 8.04. The molecular formula is C15H23NO. The van der Waals surface area contributed by atoms with Crippen LogP contribution in [0.3, 0.4) is 0 Å². The lowest BCUT2D eigenvalue weighted by atomic mass is 10.0. The van der Waals surface area contributed by atoms with Crippen LogP contribution in [-0.4, -0.2) is 28.7 Å². The van der Waals surface area contributed by atoms with Gasteiger partial charge in [0.1, 0.15) is 0 Å². The third-order valence-electron chi connectivity index (χ3n) is 3.47. The molecule has 2 heteroatoms. The molecule has 2 rings (SSSR count). The van der Waals surface area contributed by atoms with Crippen LogP contribution in [0.15, 0.2) is 24.3 Å². The molecule has 1 aromatic rings. The van der Waals surface area contributed by atoms with Gasteiger partial charge in [-0.15, -0.1) is 0 Å². The van der Waals surface area contributed by atoms with E-state index in [0.29, 0.717) is 0 Å². The van der Waals surface area contributed by atoms with Crippen molar-refractivity contribution in [1.29, 1.82) is 0 Å². The first kappa shape index (κ1) is 12.6. The second-order valence-electron chi connectivity index (χ2n) is 5.71. The fourth-order valence-electron chi connectivity index (χ4n) is 2.39. The molecule has 0 aromatic heterocycles. The number of aliphatic hydroxyl groups is 1. The van der Waals surface area contributed by atoms with Crippen LogP contribution in [0.25, 0.3) is 0 Å². The number of benzene rings is 1. The molecule has 0 atom stereocenters. The van der Waals surface area contributed by atoms with Gasteiger partial charge in [-0.1, -0.05) is 24.3 Å². The smallest absolute Gasteiger partial charge is 0.0603 e. The van der Waals surface area contributed by atoms with Crippen LogP contribution in [-0.2, 0) is 13.0 Å². The van der Waals surface area contributed by atoms with Gasteiger partial charge in [0.05, 0.1) is 5.60 Å². The van der Waals surface area contributed by atoms with Crippen LogP contribution in [0.1, 0.15) is 37.8 Å². The highest BCUT2D eigenvalue weighted by molar-refractivity contribution is 5.27. The van der Waals surface area contributed by atoms with E-state index in [1.165, 1.54) is 24.0 Å². The zero-order chi connectivity index (χ0) is 12.3. The lowest BCUT2D eigenvalue weighted by molar-refractivity contribution is 0.0567. The number of nitrogens with zero attached hydrogens (tertiary/aromatic N) is 1. The average molecular weight is 233 g/mol. The molecule has 1 aliphatic rings. The Morgan fingerprint density at radius 1 is 1.24 bits per heavy atom. The van der Waals surface area contributed by atoms with Crippen molar-refractivity contribution in [2.75, 3.05) is 13.1 Å². The Balaban J connectivity index is 1.98. The molecule has 0 saturated heterocycles. The van der Waals surface area contributed by atoms with Crippen LogP contribution < -0.4 is 0 Å². The van der Waals surface area contributed by atoms with Gasteiger partial charge in [-0.2, -0.15) is 0 Å². The number of rotatable bonds is 3. The Morgan fingerprint density at radius 3 is 2.65 bits per heavy atom. The Morgan fingerprint density at radius 2 is 1.94 bits per heavy atom. The summed E-state index contributed by atoms with van der Waals surface area (Å²) in [6, 6.07) is 8.73. The van der Waals surface area contributed by atoms with Crippen molar-refractivity contribution < 1.29 is 5.11 Å². The Labute approximate surface area is 104 Å². The van der Waals surface area contributed by atoms with E-state index in [1.54, 1.807) is 0 Å². The highest BCUT2D eigenvalue weighted by Crippen LogP contribution is 2.19. The van der Waals surface area contributed by atoms with Crippen molar-refractivity contribution in [2.45, 2.75) is 45.3 Å². The van der Waals surface area contributed by atoms with Gasteiger partial charge in [-0.3, -0.25) is 4.90 Å². The molecule has 94 valence electrons. The highest BCUT2D eigenvalue weighted by atomic mass is 16.3. The van der Waals surface area contributed by atoms with E-state index in [9.17, 15) is 5.11 Å². The standard InChI is InChI=1S/C15H23NO/c1-15(2,17)9-11-16-10-5-8-13-6-3-4-7-14(13)12-16/h3-4,6-7,17H,5,8-12H2,1-2H3. The SMILES string of the molecule is CC(C)(O)CCN1CCCc2ccccc2C1.